The van der Waals surface area contributed by atoms with Crippen LogP contribution >= 0.6 is 11.8 Å². The number of aromatic nitrogens is 2. The number of H-pyrrole nitrogens is 1. The summed E-state index contributed by atoms with van der Waals surface area (Å²) in [5.41, 5.74) is 1.91. The molecule has 1 amide bonds. The summed E-state index contributed by atoms with van der Waals surface area (Å²) in [5.74, 6) is -1.53. The summed E-state index contributed by atoms with van der Waals surface area (Å²) >= 11 is 1.25. The van der Waals surface area contributed by atoms with Gasteiger partial charge in [-0.25, -0.2) is 4.98 Å². The van der Waals surface area contributed by atoms with Gasteiger partial charge in [-0.3, -0.25) is 4.79 Å². The van der Waals surface area contributed by atoms with Crippen LogP contribution in [-0.4, -0.2) is 27.6 Å². The van der Waals surface area contributed by atoms with Crippen LogP contribution in [0.4, 0.5) is 5.69 Å². The first kappa shape index (κ1) is 15.1. The van der Waals surface area contributed by atoms with Crippen molar-refractivity contribution in [3.05, 3.63) is 54.1 Å². The molecular formula is C16H12N3O3S-. The monoisotopic (exact) mass is 326 g/mol. The second-order valence-corrected chi connectivity index (χ2v) is 5.69. The van der Waals surface area contributed by atoms with Gasteiger partial charge in [-0.2, -0.15) is 0 Å². The van der Waals surface area contributed by atoms with Crippen molar-refractivity contribution in [1.29, 1.82) is 0 Å². The Morgan fingerprint density at radius 3 is 2.65 bits per heavy atom. The number of anilines is 1. The van der Waals surface area contributed by atoms with Gasteiger partial charge in [-0.05, 0) is 18.2 Å². The second kappa shape index (κ2) is 6.53. The number of aromatic amines is 1. The van der Waals surface area contributed by atoms with Crippen molar-refractivity contribution in [2.45, 2.75) is 5.16 Å². The Morgan fingerprint density at radius 1 is 1.13 bits per heavy atom. The third kappa shape index (κ3) is 3.51. The van der Waals surface area contributed by atoms with Crippen LogP contribution in [0.3, 0.4) is 0 Å². The molecule has 7 heteroatoms. The predicted molar refractivity (Wildman–Crippen MR) is 86.2 cm³/mol. The van der Waals surface area contributed by atoms with E-state index in [1.165, 1.54) is 23.9 Å². The maximum Gasteiger partial charge on any atom is 0.234 e. The minimum absolute atomic E-state index is 0.0467. The molecule has 0 aliphatic carbocycles. The molecule has 6 nitrogen and oxygen atoms in total. The molecule has 0 aliphatic rings. The number of hydrogen-bond donors (Lipinski definition) is 2. The molecule has 116 valence electrons. The zero-order valence-electron chi connectivity index (χ0n) is 11.9. The zero-order valence-corrected chi connectivity index (χ0v) is 12.7. The molecule has 0 unspecified atom stereocenters. The van der Waals surface area contributed by atoms with Crippen molar-refractivity contribution in [2.24, 2.45) is 0 Å². The standard InChI is InChI=1S/C16H13N3O3S/c20-14(17-11-6-2-1-5-10(11)15(21)22)9-23-16-18-12-7-3-4-8-13(12)19-16/h1-8H,9H2,(H,17,20)(H,18,19)(H,21,22)/p-1. The number of carbonyl (C=O) groups is 2. The summed E-state index contributed by atoms with van der Waals surface area (Å²) in [5, 5.41) is 14.2. The number of nitrogens with one attached hydrogen (secondary N) is 2. The highest BCUT2D eigenvalue weighted by Crippen LogP contribution is 2.20. The van der Waals surface area contributed by atoms with Crippen LogP contribution in [0.1, 0.15) is 10.4 Å². The highest BCUT2D eigenvalue weighted by Gasteiger charge is 2.09. The van der Waals surface area contributed by atoms with E-state index in [-0.39, 0.29) is 22.9 Å². The van der Waals surface area contributed by atoms with Gasteiger partial charge in [0, 0.05) is 11.3 Å². The Morgan fingerprint density at radius 2 is 1.87 bits per heavy atom. The highest BCUT2D eigenvalue weighted by atomic mass is 32.2. The van der Waals surface area contributed by atoms with Crippen LogP contribution in [0.5, 0.6) is 0 Å². The number of amides is 1. The van der Waals surface area contributed by atoms with Crippen molar-refractivity contribution >= 4 is 40.4 Å². The Kier molecular flexibility index (Phi) is 4.29. The van der Waals surface area contributed by atoms with Crippen molar-refractivity contribution in [2.75, 3.05) is 11.1 Å². The number of hydrogen-bond acceptors (Lipinski definition) is 5. The van der Waals surface area contributed by atoms with Gasteiger partial charge in [-0.15, -0.1) is 0 Å². The Hall–Kier alpha value is -2.80. The van der Waals surface area contributed by atoms with Gasteiger partial charge in [0.15, 0.2) is 5.16 Å². The number of para-hydroxylation sites is 3. The molecule has 0 fully saturated rings. The molecule has 1 heterocycles. The molecule has 1 aromatic heterocycles. The van der Waals surface area contributed by atoms with Crippen molar-refractivity contribution in [3.8, 4) is 0 Å². The van der Waals surface area contributed by atoms with Gasteiger partial charge < -0.3 is 20.2 Å². The number of thioether (sulfide) groups is 1. The van der Waals surface area contributed by atoms with E-state index in [0.29, 0.717) is 5.16 Å². The minimum Gasteiger partial charge on any atom is -0.545 e. The Labute approximate surface area is 135 Å². The molecule has 2 N–H and O–H groups in total. The fourth-order valence-electron chi connectivity index (χ4n) is 2.09. The molecule has 0 saturated carbocycles. The first-order valence-corrected chi connectivity index (χ1v) is 7.80. The number of fused-ring (bicyclic) bond motifs is 1. The normalized spacial score (nSPS) is 10.6. The number of aromatic carboxylic acids is 1. The van der Waals surface area contributed by atoms with Crippen LogP contribution in [0.25, 0.3) is 11.0 Å². The SMILES string of the molecule is O=C(CSc1nc2ccccc2[nH]1)Nc1ccccc1C(=O)[O-]. The fourth-order valence-corrected chi connectivity index (χ4v) is 2.77. The van der Waals surface area contributed by atoms with E-state index in [1.54, 1.807) is 12.1 Å². The number of rotatable bonds is 5. The Bertz CT molecular complexity index is 843. The third-order valence-corrected chi connectivity index (χ3v) is 4.00. The quantitative estimate of drug-likeness (QED) is 0.695. The van der Waals surface area contributed by atoms with Crippen LogP contribution in [0.2, 0.25) is 0 Å². The van der Waals surface area contributed by atoms with E-state index in [0.717, 1.165) is 11.0 Å². The summed E-state index contributed by atoms with van der Waals surface area (Å²) in [4.78, 5) is 30.5. The number of benzene rings is 2. The predicted octanol–water partition coefficient (Wildman–Crippen LogP) is 1.66. The average molecular weight is 326 g/mol. The lowest BCUT2D eigenvalue weighted by molar-refractivity contribution is -0.254. The molecule has 0 aliphatic heterocycles. The van der Waals surface area contributed by atoms with E-state index < -0.39 is 5.97 Å². The maximum atomic E-state index is 12.0. The molecular weight excluding hydrogens is 314 g/mol. The third-order valence-electron chi connectivity index (χ3n) is 3.13. The smallest absolute Gasteiger partial charge is 0.234 e. The summed E-state index contributed by atoms with van der Waals surface area (Å²) in [6.45, 7) is 0. The van der Waals surface area contributed by atoms with Gasteiger partial charge in [0.1, 0.15) is 0 Å². The molecule has 3 aromatic rings. The van der Waals surface area contributed by atoms with Gasteiger partial charge in [0.05, 0.1) is 22.8 Å². The van der Waals surface area contributed by atoms with Gasteiger partial charge in [-0.1, -0.05) is 42.1 Å². The lowest BCUT2D eigenvalue weighted by Gasteiger charge is -2.11. The number of carboxylic acids is 1. The van der Waals surface area contributed by atoms with E-state index in [9.17, 15) is 14.7 Å². The maximum absolute atomic E-state index is 12.0. The number of imidazole rings is 1. The van der Waals surface area contributed by atoms with E-state index >= 15 is 0 Å². The van der Waals surface area contributed by atoms with Crippen LogP contribution in [0, 0.1) is 0 Å². The lowest BCUT2D eigenvalue weighted by Crippen LogP contribution is -2.25. The summed E-state index contributed by atoms with van der Waals surface area (Å²) in [6, 6.07) is 13.7. The molecule has 0 radical (unpaired) electrons. The van der Waals surface area contributed by atoms with Crippen molar-refractivity contribution in [1.82, 2.24) is 9.97 Å². The summed E-state index contributed by atoms with van der Waals surface area (Å²) in [7, 11) is 0. The van der Waals surface area contributed by atoms with Crippen LogP contribution in [-0.2, 0) is 4.79 Å². The number of nitrogens with zero attached hydrogens (tertiary/aromatic N) is 1. The first-order valence-electron chi connectivity index (χ1n) is 6.81. The molecule has 0 bridgehead atoms. The molecule has 3 rings (SSSR count). The number of carboxylic acid groups (broad SMARTS) is 1. The zero-order chi connectivity index (χ0) is 16.2. The molecule has 0 spiro atoms. The van der Waals surface area contributed by atoms with Crippen LogP contribution in [0.15, 0.2) is 53.7 Å². The van der Waals surface area contributed by atoms with E-state index in [1.807, 2.05) is 24.3 Å². The highest BCUT2D eigenvalue weighted by molar-refractivity contribution is 7.99. The van der Waals surface area contributed by atoms with Crippen LogP contribution < -0.4 is 10.4 Å². The van der Waals surface area contributed by atoms with E-state index in [2.05, 4.69) is 15.3 Å². The molecule has 2 aromatic carbocycles. The summed E-state index contributed by atoms with van der Waals surface area (Å²) in [6.07, 6.45) is 0. The number of carbonyl (C=O) groups excluding carboxylic acids is 2. The largest absolute Gasteiger partial charge is 0.545 e. The lowest BCUT2D eigenvalue weighted by atomic mass is 10.2. The van der Waals surface area contributed by atoms with Crippen molar-refractivity contribution < 1.29 is 14.7 Å². The molecule has 0 atom stereocenters. The van der Waals surface area contributed by atoms with Gasteiger partial charge in [0.25, 0.3) is 0 Å². The molecule has 0 saturated heterocycles. The minimum atomic E-state index is -1.33. The van der Waals surface area contributed by atoms with Gasteiger partial charge in [0.2, 0.25) is 5.91 Å². The van der Waals surface area contributed by atoms with E-state index in [4.69, 9.17) is 0 Å². The summed E-state index contributed by atoms with van der Waals surface area (Å²) < 4.78 is 0. The fraction of sp³-hybridized carbons (Fsp3) is 0.0625. The van der Waals surface area contributed by atoms with Gasteiger partial charge >= 0.3 is 0 Å². The molecule has 23 heavy (non-hydrogen) atoms. The second-order valence-electron chi connectivity index (χ2n) is 4.73. The Balaban J connectivity index is 1.65. The topological polar surface area (TPSA) is 97.9 Å². The van der Waals surface area contributed by atoms with Crippen molar-refractivity contribution in [3.63, 3.8) is 0 Å². The first-order chi connectivity index (χ1) is 11.1. The average Bonchev–Trinajstić information content (AvgIpc) is 2.96.